The van der Waals surface area contributed by atoms with Crippen LogP contribution in [-0.2, 0) is 11.2 Å². The molecular weight excluding hydrogens is 324 g/mol. The van der Waals surface area contributed by atoms with Crippen LogP contribution >= 0.6 is 11.8 Å². The van der Waals surface area contributed by atoms with Crippen LogP contribution in [0.15, 0.2) is 17.3 Å². The van der Waals surface area contributed by atoms with Gasteiger partial charge in [-0.3, -0.25) is 0 Å². The van der Waals surface area contributed by atoms with Crippen LogP contribution in [0.1, 0.15) is 19.5 Å². The van der Waals surface area contributed by atoms with Gasteiger partial charge in [0.15, 0.2) is 5.82 Å². The lowest BCUT2D eigenvalue weighted by molar-refractivity contribution is -0.0280. The van der Waals surface area contributed by atoms with Crippen LogP contribution in [0.2, 0.25) is 0 Å². The van der Waals surface area contributed by atoms with Crippen LogP contribution in [0.5, 0.6) is 0 Å². The summed E-state index contributed by atoms with van der Waals surface area (Å²) in [6.45, 7) is 6.58. The quantitative estimate of drug-likeness (QED) is 0.882. The molecule has 126 valence electrons. The third-order valence-electron chi connectivity index (χ3n) is 4.16. The number of aryl methyl sites for hydroxylation is 1. The van der Waals surface area contributed by atoms with Gasteiger partial charge in [-0.05, 0) is 13.8 Å². The van der Waals surface area contributed by atoms with E-state index < -0.39 is 0 Å². The van der Waals surface area contributed by atoms with Crippen molar-refractivity contribution in [2.75, 3.05) is 36.1 Å². The molecule has 8 heteroatoms. The molecule has 2 N–H and O–H groups in total. The number of hydrogen-bond acceptors (Lipinski definition) is 8. The number of nitrogens with zero attached hydrogens (tertiary/aromatic N) is 5. The molecule has 2 aliphatic rings. The molecule has 2 aliphatic heterocycles. The highest BCUT2D eigenvalue weighted by atomic mass is 32.2. The molecule has 0 aromatic carbocycles. The van der Waals surface area contributed by atoms with Gasteiger partial charge in [-0.2, -0.15) is 0 Å². The maximum atomic E-state index is 5.84. The molecule has 7 nitrogen and oxygen atoms in total. The van der Waals surface area contributed by atoms with E-state index in [1.165, 1.54) is 4.90 Å². The SMILES string of the molecule is CC1(C)CN(c2nc(-c3cnc(N)nc3)nc3c2SCC3)CCO1. The molecule has 2 aromatic heterocycles. The number of morpholine rings is 1. The summed E-state index contributed by atoms with van der Waals surface area (Å²) in [5, 5.41) is 0. The Bertz CT molecular complexity index is 764. The minimum absolute atomic E-state index is 0.177. The van der Waals surface area contributed by atoms with E-state index in [-0.39, 0.29) is 11.5 Å². The molecule has 1 fully saturated rings. The highest BCUT2D eigenvalue weighted by Crippen LogP contribution is 2.39. The molecule has 1 saturated heterocycles. The number of anilines is 2. The third kappa shape index (κ3) is 2.91. The minimum atomic E-state index is -0.177. The Balaban J connectivity index is 1.77. The van der Waals surface area contributed by atoms with Crippen LogP contribution in [0.3, 0.4) is 0 Å². The summed E-state index contributed by atoms with van der Waals surface area (Å²) in [5.74, 6) is 2.97. The van der Waals surface area contributed by atoms with Crippen molar-refractivity contribution in [1.29, 1.82) is 0 Å². The largest absolute Gasteiger partial charge is 0.372 e. The minimum Gasteiger partial charge on any atom is -0.372 e. The van der Waals surface area contributed by atoms with Crippen molar-refractivity contribution in [3.63, 3.8) is 0 Å². The van der Waals surface area contributed by atoms with E-state index in [0.717, 1.165) is 42.3 Å². The van der Waals surface area contributed by atoms with Crippen molar-refractivity contribution in [3.05, 3.63) is 18.1 Å². The van der Waals surface area contributed by atoms with E-state index in [0.29, 0.717) is 12.4 Å². The fourth-order valence-corrected chi connectivity index (χ4v) is 4.16. The number of aromatic nitrogens is 4. The lowest BCUT2D eigenvalue weighted by Gasteiger charge is -2.39. The van der Waals surface area contributed by atoms with Gasteiger partial charge in [0.1, 0.15) is 5.82 Å². The summed E-state index contributed by atoms with van der Waals surface area (Å²) in [4.78, 5) is 21.2. The van der Waals surface area contributed by atoms with E-state index in [4.69, 9.17) is 20.4 Å². The van der Waals surface area contributed by atoms with Gasteiger partial charge < -0.3 is 15.4 Å². The maximum absolute atomic E-state index is 5.84. The van der Waals surface area contributed by atoms with Crippen LogP contribution in [0.4, 0.5) is 11.8 Å². The first-order chi connectivity index (χ1) is 11.5. The van der Waals surface area contributed by atoms with Crippen LogP contribution < -0.4 is 10.6 Å². The first kappa shape index (κ1) is 15.6. The van der Waals surface area contributed by atoms with Crippen LogP contribution in [-0.4, -0.2) is 51.0 Å². The monoisotopic (exact) mass is 344 g/mol. The van der Waals surface area contributed by atoms with Crippen molar-refractivity contribution in [2.24, 2.45) is 0 Å². The normalized spacial score (nSPS) is 19.3. The molecular formula is C16H20N6OS. The van der Waals surface area contributed by atoms with Gasteiger partial charge in [-0.1, -0.05) is 0 Å². The van der Waals surface area contributed by atoms with E-state index in [9.17, 15) is 0 Å². The summed E-state index contributed by atoms with van der Waals surface area (Å²) < 4.78 is 5.84. The molecule has 0 bridgehead atoms. The highest BCUT2D eigenvalue weighted by molar-refractivity contribution is 7.99. The molecule has 0 atom stereocenters. The average molecular weight is 344 g/mol. The number of hydrogen-bond donors (Lipinski definition) is 1. The Morgan fingerprint density at radius 3 is 2.79 bits per heavy atom. The predicted molar refractivity (Wildman–Crippen MR) is 94.1 cm³/mol. The number of fused-ring (bicyclic) bond motifs is 1. The fourth-order valence-electron chi connectivity index (χ4n) is 3.04. The molecule has 4 rings (SSSR count). The summed E-state index contributed by atoms with van der Waals surface area (Å²) >= 11 is 1.84. The zero-order valence-corrected chi connectivity index (χ0v) is 14.6. The van der Waals surface area contributed by atoms with Gasteiger partial charge in [-0.25, -0.2) is 19.9 Å². The Labute approximate surface area is 145 Å². The van der Waals surface area contributed by atoms with Crippen LogP contribution in [0, 0.1) is 0 Å². The van der Waals surface area contributed by atoms with Crippen molar-refractivity contribution >= 4 is 23.5 Å². The van der Waals surface area contributed by atoms with Crippen LogP contribution in [0.25, 0.3) is 11.4 Å². The first-order valence-corrected chi connectivity index (χ1v) is 9.01. The summed E-state index contributed by atoms with van der Waals surface area (Å²) in [5.41, 5.74) is 7.31. The standard InChI is InChI=1S/C16H20N6OS/c1-16(2)9-22(4-5-23-16)14-12-11(3-6-24-12)20-13(21-14)10-7-18-15(17)19-8-10/h7-8H,3-6,9H2,1-2H3,(H2,17,18,19). The summed E-state index contributed by atoms with van der Waals surface area (Å²) in [6, 6.07) is 0. The molecule has 4 heterocycles. The Hall–Kier alpha value is -1.93. The number of nitrogen functional groups attached to an aromatic ring is 1. The van der Waals surface area contributed by atoms with E-state index in [1.807, 2.05) is 11.8 Å². The van der Waals surface area contributed by atoms with Gasteiger partial charge in [0, 0.05) is 37.7 Å². The molecule has 0 saturated carbocycles. The van der Waals surface area contributed by atoms with E-state index >= 15 is 0 Å². The van der Waals surface area contributed by atoms with Gasteiger partial charge in [-0.15, -0.1) is 11.8 Å². The molecule has 24 heavy (non-hydrogen) atoms. The second kappa shape index (κ2) is 5.86. The van der Waals surface area contributed by atoms with Gasteiger partial charge in [0.05, 0.1) is 28.4 Å². The second-order valence-electron chi connectivity index (χ2n) is 6.60. The van der Waals surface area contributed by atoms with Gasteiger partial charge in [0.2, 0.25) is 5.95 Å². The number of ether oxygens (including phenoxy) is 1. The lowest BCUT2D eigenvalue weighted by atomic mass is 10.1. The van der Waals surface area contributed by atoms with E-state index in [1.54, 1.807) is 12.4 Å². The predicted octanol–water partition coefficient (Wildman–Crippen LogP) is 1.78. The average Bonchev–Trinajstić information content (AvgIpc) is 3.02. The molecule has 0 radical (unpaired) electrons. The van der Waals surface area contributed by atoms with Gasteiger partial charge >= 0.3 is 0 Å². The summed E-state index contributed by atoms with van der Waals surface area (Å²) in [7, 11) is 0. The fraction of sp³-hybridized carbons (Fsp3) is 0.500. The van der Waals surface area contributed by atoms with Crippen molar-refractivity contribution in [1.82, 2.24) is 19.9 Å². The Morgan fingerprint density at radius 1 is 1.25 bits per heavy atom. The number of thioether (sulfide) groups is 1. The number of rotatable bonds is 2. The molecule has 0 amide bonds. The van der Waals surface area contributed by atoms with Gasteiger partial charge in [0.25, 0.3) is 0 Å². The highest BCUT2D eigenvalue weighted by Gasteiger charge is 2.31. The smallest absolute Gasteiger partial charge is 0.219 e. The Kier molecular flexibility index (Phi) is 3.80. The molecule has 2 aromatic rings. The number of nitrogens with two attached hydrogens (primary N) is 1. The Morgan fingerprint density at radius 2 is 2.04 bits per heavy atom. The maximum Gasteiger partial charge on any atom is 0.219 e. The van der Waals surface area contributed by atoms with Crippen molar-refractivity contribution < 1.29 is 4.74 Å². The summed E-state index contributed by atoms with van der Waals surface area (Å²) in [6.07, 6.45) is 4.32. The van der Waals surface area contributed by atoms with Crippen molar-refractivity contribution in [2.45, 2.75) is 30.8 Å². The molecule has 0 spiro atoms. The zero-order chi connectivity index (χ0) is 16.7. The third-order valence-corrected chi connectivity index (χ3v) is 5.27. The second-order valence-corrected chi connectivity index (χ2v) is 7.71. The molecule has 0 aliphatic carbocycles. The topological polar surface area (TPSA) is 90.1 Å². The molecule has 0 unspecified atom stereocenters. The first-order valence-electron chi connectivity index (χ1n) is 8.02. The lowest BCUT2D eigenvalue weighted by Crippen LogP contribution is -2.48. The van der Waals surface area contributed by atoms with Crippen molar-refractivity contribution in [3.8, 4) is 11.4 Å². The zero-order valence-electron chi connectivity index (χ0n) is 13.8. The van der Waals surface area contributed by atoms with E-state index in [2.05, 4.69) is 28.7 Å².